The van der Waals surface area contributed by atoms with Crippen LogP contribution in [0.4, 0.5) is 11.4 Å². The van der Waals surface area contributed by atoms with Crippen molar-refractivity contribution in [2.24, 2.45) is 0 Å². The van der Waals surface area contributed by atoms with E-state index in [4.69, 9.17) is 14.5 Å². The Bertz CT molecular complexity index is 1030. The molecule has 8 nitrogen and oxygen atoms in total. The Morgan fingerprint density at radius 3 is 2.55 bits per heavy atom. The molecule has 3 rings (SSSR count). The second kappa shape index (κ2) is 10.8. The van der Waals surface area contributed by atoms with E-state index >= 15 is 0 Å². The van der Waals surface area contributed by atoms with E-state index in [0.29, 0.717) is 33.6 Å². The summed E-state index contributed by atoms with van der Waals surface area (Å²) >= 11 is 1.40. The highest BCUT2D eigenvalue weighted by Gasteiger charge is 2.37. The zero-order chi connectivity index (χ0) is 24.2. The van der Waals surface area contributed by atoms with Gasteiger partial charge < -0.3 is 19.4 Å². The number of unbranched alkanes of at least 4 members (excludes halogenated alkanes) is 1. The minimum Gasteiger partial charge on any atom is -0.463 e. The number of likely N-dealkylation sites (N-methyl/N-ethyl adjacent to an activating group) is 1. The third kappa shape index (κ3) is 6.15. The number of ether oxygens (including phenoxy) is 1. The Morgan fingerprint density at radius 2 is 1.94 bits per heavy atom. The monoisotopic (exact) mass is 514 g/mol. The van der Waals surface area contributed by atoms with Gasteiger partial charge in [-0.15, -0.1) is 22.5 Å². The van der Waals surface area contributed by atoms with Crippen molar-refractivity contribution in [1.82, 2.24) is 4.31 Å². The molecule has 182 valence electrons. The number of hydrogen-bond donors (Lipinski definition) is 4. The number of hydrogen-bond acceptors (Lipinski definition) is 7. The lowest BCUT2D eigenvalue weighted by Gasteiger charge is -2.43. The molecule has 2 aromatic carbocycles. The second-order valence-corrected chi connectivity index (χ2v) is 12.1. The standard InChI is InChI=1S/C22H31N2O6PS2/c1-4-5-9-18-16-24(17-10-7-6-8-11-17)19-14-21(32-3)20(30-12-13-31(25,26)27)15-22(19)33(28,29)23(18)2/h6-8,10-15,18,28-29H,4-5,9,16H2,1-3H3,(H2,25,26,27). The highest BCUT2D eigenvalue weighted by Crippen LogP contribution is 2.60. The van der Waals surface area contributed by atoms with Crippen molar-refractivity contribution in [3.05, 3.63) is 54.5 Å². The van der Waals surface area contributed by atoms with Crippen LogP contribution in [0.3, 0.4) is 0 Å². The van der Waals surface area contributed by atoms with Crippen LogP contribution >= 0.6 is 30.1 Å². The molecule has 11 heteroatoms. The minimum absolute atomic E-state index is 0.0980. The number of benzene rings is 2. The fourth-order valence-corrected chi connectivity index (χ4v) is 6.12. The van der Waals surface area contributed by atoms with Gasteiger partial charge in [-0.05, 0) is 30.9 Å². The molecular weight excluding hydrogens is 483 g/mol. The van der Waals surface area contributed by atoms with E-state index in [9.17, 15) is 13.7 Å². The summed E-state index contributed by atoms with van der Waals surface area (Å²) in [4.78, 5) is 21.3. The molecule has 0 saturated heterocycles. The van der Waals surface area contributed by atoms with Crippen LogP contribution in [0.25, 0.3) is 0 Å². The summed E-state index contributed by atoms with van der Waals surface area (Å²) in [5.74, 6) is 0.962. The molecule has 1 aliphatic heterocycles. The maximum Gasteiger partial charge on any atom is 0.352 e. The molecule has 2 aromatic rings. The number of nitrogens with zero attached hydrogens (tertiary/aromatic N) is 2. The fraction of sp³-hybridized carbons (Fsp3) is 0.364. The van der Waals surface area contributed by atoms with Crippen molar-refractivity contribution >= 4 is 41.5 Å². The molecule has 0 radical (unpaired) electrons. The van der Waals surface area contributed by atoms with Gasteiger partial charge in [0.1, 0.15) is 10.6 Å². The first kappa shape index (κ1) is 26.1. The van der Waals surface area contributed by atoms with Gasteiger partial charge in [0.15, 0.2) is 0 Å². The molecule has 0 aliphatic carbocycles. The average Bonchev–Trinajstić information content (AvgIpc) is 2.85. The van der Waals surface area contributed by atoms with Crippen molar-refractivity contribution in [2.45, 2.75) is 42.0 Å². The first-order chi connectivity index (χ1) is 15.6. The summed E-state index contributed by atoms with van der Waals surface area (Å²) in [6.45, 7) is 2.69. The largest absolute Gasteiger partial charge is 0.463 e. The molecule has 0 aromatic heterocycles. The summed E-state index contributed by atoms with van der Waals surface area (Å²) in [5.41, 5.74) is 1.61. The van der Waals surface area contributed by atoms with E-state index in [-0.39, 0.29) is 6.04 Å². The van der Waals surface area contributed by atoms with E-state index in [0.717, 1.165) is 31.2 Å². The molecule has 0 amide bonds. The lowest BCUT2D eigenvalue weighted by Crippen LogP contribution is -2.39. The summed E-state index contributed by atoms with van der Waals surface area (Å²) in [5, 5.41) is 0. The minimum atomic E-state index is -4.38. The van der Waals surface area contributed by atoms with Gasteiger partial charge >= 0.3 is 7.60 Å². The summed E-state index contributed by atoms with van der Waals surface area (Å²) in [6, 6.07) is 13.1. The van der Waals surface area contributed by atoms with Crippen molar-refractivity contribution in [2.75, 3.05) is 24.7 Å². The Morgan fingerprint density at radius 1 is 1.24 bits per heavy atom. The average molecular weight is 515 g/mol. The second-order valence-electron chi connectivity index (χ2n) is 7.77. The van der Waals surface area contributed by atoms with Gasteiger partial charge in [-0.25, -0.2) is 4.31 Å². The van der Waals surface area contributed by atoms with Crippen LogP contribution in [-0.2, 0) is 4.57 Å². The fourth-order valence-electron chi connectivity index (χ4n) is 3.75. The lowest BCUT2D eigenvalue weighted by molar-refractivity contribution is 0.310. The molecule has 0 fully saturated rings. The van der Waals surface area contributed by atoms with E-state index in [2.05, 4.69) is 11.8 Å². The van der Waals surface area contributed by atoms with Crippen LogP contribution in [0.2, 0.25) is 0 Å². The Balaban J connectivity index is 2.17. The molecule has 1 heterocycles. The van der Waals surface area contributed by atoms with Crippen molar-refractivity contribution < 1.29 is 28.2 Å². The van der Waals surface area contributed by atoms with Crippen LogP contribution in [0.5, 0.6) is 5.75 Å². The molecule has 0 spiro atoms. The predicted octanol–water partition coefficient (Wildman–Crippen LogP) is 6.10. The normalized spacial score (nSPS) is 19.8. The van der Waals surface area contributed by atoms with E-state index < -0.39 is 18.4 Å². The Hall–Kier alpha value is -1.49. The van der Waals surface area contributed by atoms with Gasteiger partial charge in [-0.3, -0.25) is 13.7 Å². The number of anilines is 2. The molecule has 0 saturated carbocycles. The third-order valence-electron chi connectivity index (χ3n) is 5.55. The number of rotatable bonds is 8. The number of para-hydroxylation sites is 1. The zero-order valence-corrected chi connectivity index (χ0v) is 21.4. The van der Waals surface area contributed by atoms with Crippen molar-refractivity contribution in [1.29, 1.82) is 0 Å². The zero-order valence-electron chi connectivity index (χ0n) is 18.9. The molecular formula is C22H31N2O6PS2. The topological polar surface area (TPSA) is 114 Å². The highest BCUT2D eigenvalue weighted by molar-refractivity contribution is 8.22. The summed E-state index contributed by atoms with van der Waals surface area (Å²) < 4.78 is 41.1. The molecule has 1 aliphatic rings. The van der Waals surface area contributed by atoms with E-state index in [1.54, 1.807) is 17.4 Å². The maximum atomic E-state index is 11.4. The van der Waals surface area contributed by atoms with Gasteiger partial charge in [-0.2, -0.15) is 0 Å². The first-order valence-electron chi connectivity index (χ1n) is 10.5. The van der Waals surface area contributed by atoms with Crippen molar-refractivity contribution in [3.63, 3.8) is 0 Å². The van der Waals surface area contributed by atoms with Crippen LogP contribution in [0, 0.1) is 0 Å². The number of fused-ring (bicyclic) bond motifs is 1. The molecule has 4 N–H and O–H groups in total. The van der Waals surface area contributed by atoms with Crippen LogP contribution in [-0.4, -0.2) is 49.1 Å². The Labute approximate surface area is 200 Å². The van der Waals surface area contributed by atoms with Gasteiger partial charge in [0.05, 0.1) is 22.7 Å². The molecule has 1 atom stereocenters. The molecule has 0 bridgehead atoms. The smallest absolute Gasteiger partial charge is 0.352 e. The highest BCUT2D eigenvalue weighted by atomic mass is 32.3. The Kier molecular flexibility index (Phi) is 8.58. The summed E-state index contributed by atoms with van der Waals surface area (Å²) in [7, 11) is -6.01. The van der Waals surface area contributed by atoms with Crippen molar-refractivity contribution in [3.8, 4) is 5.75 Å². The first-order valence-corrected chi connectivity index (χ1v) is 14.9. The maximum absolute atomic E-state index is 11.4. The SMILES string of the molecule is CCCCC1CN(c2ccccc2)c2cc(SC)c(OC=CP(=O)(O)O)cc2S(O)(O)N1C. The van der Waals surface area contributed by atoms with E-state index in [1.807, 2.05) is 42.7 Å². The lowest BCUT2D eigenvalue weighted by atomic mass is 10.1. The van der Waals surface area contributed by atoms with E-state index in [1.165, 1.54) is 11.8 Å². The quantitative estimate of drug-likeness (QED) is 0.188. The number of thioether (sulfide) groups is 1. The van der Waals surface area contributed by atoms with Gasteiger partial charge in [0, 0.05) is 31.4 Å². The van der Waals surface area contributed by atoms with Gasteiger partial charge in [0.25, 0.3) is 0 Å². The van der Waals surface area contributed by atoms with Gasteiger partial charge in [-0.1, -0.05) is 38.0 Å². The van der Waals surface area contributed by atoms with Crippen LogP contribution < -0.4 is 9.64 Å². The van der Waals surface area contributed by atoms with Crippen LogP contribution in [0.15, 0.2) is 64.3 Å². The summed E-state index contributed by atoms with van der Waals surface area (Å²) in [6.07, 6.45) is 5.57. The molecule has 33 heavy (non-hydrogen) atoms. The molecule has 1 unspecified atom stereocenters. The third-order valence-corrected chi connectivity index (χ3v) is 8.84. The van der Waals surface area contributed by atoms with Crippen LogP contribution in [0.1, 0.15) is 26.2 Å². The van der Waals surface area contributed by atoms with Gasteiger partial charge in [0.2, 0.25) is 0 Å². The predicted molar refractivity (Wildman–Crippen MR) is 136 cm³/mol.